The summed E-state index contributed by atoms with van der Waals surface area (Å²) in [6, 6.07) is -1.05. The number of nitrogens with one attached hydrogen (secondary N) is 1. The Bertz CT molecular complexity index is 676. The highest BCUT2D eigenvalue weighted by molar-refractivity contribution is 5.77. The van der Waals surface area contributed by atoms with Crippen LogP contribution in [0.25, 0.3) is 0 Å². The van der Waals surface area contributed by atoms with Crippen LogP contribution in [0.4, 0.5) is 0 Å². The Balaban J connectivity index is 3.30. The molecule has 0 unspecified atom stereocenters. The van der Waals surface area contributed by atoms with Gasteiger partial charge in [-0.15, -0.1) is 6.58 Å². The molecule has 0 aliphatic carbocycles. The van der Waals surface area contributed by atoms with Crippen LogP contribution in [0.2, 0.25) is 0 Å². The van der Waals surface area contributed by atoms with E-state index in [2.05, 4.69) is 11.9 Å². The van der Waals surface area contributed by atoms with Crippen molar-refractivity contribution < 1.29 is 48.8 Å². The van der Waals surface area contributed by atoms with E-state index in [0.29, 0.717) is 6.42 Å². The largest absolute Gasteiger partial charge is 0.481 e. The predicted molar refractivity (Wildman–Crippen MR) is 100 cm³/mol. The molecule has 1 fully saturated rings. The Labute approximate surface area is 173 Å². The minimum Gasteiger partial charge on any atom is -0.481 e. The molecule has 11 heteroatoms. The van der Waals surface area contributed by atoms with Crippen molar-refractivity contribution in [1.82, 2.24) is 5.32 Å². The fourth-order valence-electron chi connectivity index (χ4n) is 3.59. The Morgan fingerprint density at radius 2 is 1.53 bits per heavy atom. The maximum atomic E-state index is 12.3. The van der Waals surface area contributed by atoms with Gasteiger partial charge in [-0.1, -0.05) is 6.08 Å². The third kappa shape index (κ3) is 8.19. The van der Waals surface area contributed by atoms with Crippen LogP contribution in [-0.4, -0.2) is 70.0 Å². The van der Waals surface area contributed by atoms with Gasteiger partial charge >= 0.3 is 23.9 Å². The molecule has 0 aromatic rings. The zero-order valence-electron chi connectivity index (χ0n) is 16.6. The molecule has 0 aromatic carbocycles. The van der Waals surface area contributed by atoms with Gasteiger partial charge in [-0.25, -0.2) is 0 Å². The fourth-order valence-corrected chi connectivity index (χ4v) is 3.59. The van der Waals surface area contributed by atoms with Gasteiger partial charge in [0.15, 0.2) is 0 Å². The fraction of sp³-hybridized carbons (Fsp3) is 0.632. The second-order valence-electron chi connectivity index (χ2n) is 7.06. The highest BCUT2D eigenvalue weighted by atomic mass is 16.6. The molecular formula is C19H27NO10. The van der Waals surface area contributed by atoms with E-state index in [1.807, 2.05) is 0 Å². The molecule has 168 valence electrons. The summed E-state index contributed by atoms with van der Waals surface area (Å²) in [7, 11) is 0. The Kier molecular flexibility index (Phi) is 9.96. The van der Waals surface area contributed by atoms with Gasteiger partial charge in [-0.05, 0) is 12.3 Å². The lowest BCUT2D eigenvalue weighted by atomic mass is 9.73. The molecule has 11 nitrogen and oxygen atoms in total. The molecule has 0 radical (unpaired) electrons. The molecular weight excluding hydrogens is 402 g/mol. The predicted octanol–water partition coefficient (Wildman–Crippen LogP) is 0.424. The molecule has 0 bridgehead atoms. The molecule has 4 N–H and O–H groups in total. The summed E-state index contributed by atoms with van der Waals surface area (Å²) in [5.41, 5.74) is 0. The van der Waals surface area contributed by atoms with Crippen molar-refractivity contribution in [2.75, 3.05) is 6.61 Å². The molecule has 5 atom stereocenters. The van der Waals surface area contributed by atoms with Crippen molar-refractivity contribution in [1.29, 1.82) is 0 Å². The van der Waals surface area contributed by atoms with Crippen molar-refractivity contribution in [2.24, 2.45) is 11.8 Å². The van der Waals surface area contributed by atoms with Gasteiger partial charge < -0.3 is 30.1 Å². The summed E-state index contributed by atoms with van der Waals surface area (Å²) >= 11 is 0. The van der Waals surface area contributed by atoms with Crippen LogP contribution in [0.3, 0.4) is 0 Å². The van der Waals surface area contributed by atoms with Crippen molar-refractivity contribution >= 4 is 29.8 Å². The summed E-state index contributed by atoms with van der Waals surface area (Å²) < 4.78 is 10.7. The molecule has 1 saturated heterocycles. The summed E-state index contributed by atoms with van der Waals surface area (Å²) in [6.07, 6.45) is -1.87. The number of carbonyl (C=O) groups excluding carboxylic acids is 2. The van der Waals surface area contributed by atoms with Gasteiger partial charge in [0, 0.05) is 19.3 Å². The number of allylic oxidation sites excluding steroid dienone is 1. The number of carboxylic acid groups (broad SMARTS) is 3. The first-order chi connectivity index (χ1) is 14.0. The van der Waals surface area contributed by atoms with E-state index >= 15 is 0 Å². The van der Waals surface area contributed by atoms with Gasteiger partial charge in [0.25, 0.3) is 0 Å². The molecule has 1 aliphatic rings. The van der Waals surface area contributed by atoms with Crippen molar-refractivity contribution in [3.63, 3.8) is 0 Å². The van der Waals surface area contributed by atoms with Crippen LogP contribution < -0.4 is 5.32 Å². The van der Waals surface area contributed by atoms with Crippen molar-refractivity contribution in [2.45, 2.75) is 57.3 Å². The number of amides is 1. The van der Waals surface area contributed by atoms with Crippen molar-refractivity contribution in [3.05, 3.63) is 12.7 Å². The van der Waals surface area contributed by atoms with Gasteiger partial charge in [0.2, 0.25) is 5.91 Å². The normalized spacial score (nSPS) is 25.7. The lowest BCUT2D eigenvalue weighted by molar-refractivity contribution is -0.181. The Morgan fingerprint density at radius 1 is 0.967 bits per heavy atom. The standard InChI is InChI=1S/C19H27NO10/c1-3-4-5-15(22)20-19-12(7-17(25)26)11(6-16(23)24)14(9-29-10(2)21)30-13(19)8-18(27)28/h3,11-14,19H,1,4-9H2,2H3,(H,20,22)(H,23,24)(H,25,26)(H,27,28)/t11-,12+,13-,14-,19+/m0/s1. The van der Waals surface area contributed by atoms with E-state index in [1.165, 1.54) is 6.08 Å². The third-order valence-electron chi connectivity index (χ3n) is 4.79. The quantitative estimate of drug-likeness (QED) is 0.251. The van der Waals surface area contributed by atoms with Gasteiger partial charge in [0.1, 0.15) is 6.61 Å². The van der Waals surface area contributed by atoms with E-state index in [1.54, 1.807) is 0 Å². The average Bonchev–Trinajstić information content (AvgIpc) is 2.62. The number of carboxylic acids is 3. The molecule has 30 heavy (non-hydrogen) atoms. The van der Waals surface area contributed by atoms with Gasteiger partial charge in [0.05, 0.1) is 37.5 Å². The smallest absolute Gasteiger partial charge is 0.306 e. The maximum absolute atomic E-state index is 12.3. The molecule has 1 heterocycles. The Hall–Kier alpha value is -2.95. The first kappa shape index (κ1) is 25.1. The monoisotopic (exact) mass is 429 g/mol. The topological polar surface area (TPSA) is 177 Å². The highest BCUT2D eigenvalue weighted by Gasteiger charge is 2.48. The number of hydrogen-bond acceptors (Lipinski definition) is 7. The SMILES string of the molecule is C=CCCC(=O)N[C@@H]1[C@H](CC(=O)O)[C@H](CC(=O)O)[C@H](COC(C)=O)O[C@H]1CC(=O)O. The van der Waals surface area contributed by atoms with E-state index in [-0.39, 0.29) is 13.0 Å². The number of hydrogen-bond donors (Lipinski definition) is 4. The van der Waals surface area contributed by atoms with Crippen LogP contribution in [0, 0.1) is 11.8 Å². The van der Waals surface area contributed by atoms with Crippen molar-refractivity contribution in [3.8, 4) is 0 Å². The van der Waals surface area contributed by atoms with Gasteiger partial charge in [-0.3, -0.25) is 24.0 Å². The number of ether oxygens (including phenoxy) is 2. The molecule has 0 aromatic heterocycles. The Morgan fingerprint density at radius 3 is 2.03 bits per heavy atom. The second kappa shape index (κ2) is 11.9. The number of carbonyl (C=O) groups is 5. The summed E-state index contributed by atoms with van der Waals surface area (Å²) in [5.74, 6) is -6.75. The highest BCUT2D eigenvalue weighted by Crippen LogP contribution is 2.37. The first-order valence-corrected chi connectivity index (χ1v) is 9.39. The summed E-state index contributed by atoms with van der Waals surface area (Å²) in [4.78, 5) is 57.7. The average molecular weight is 429 g/mol. The lowest BCUT2D eigenvalue weighted by Crippen LogP contribution is -2.60. The summed E-state index contributed by atoms with van der Waals surface area (Å²) in [5, 5.41) is 30.5. The molecule has 1 aliphatic heterocycles. The van der Waals surface area contributed by atoms with E-state index < -0.39 is 79.1 Å². The summed E-state index contributed by atoms with van der Waals surface area (Å²) in [6.45, 7) is 4.29. The van der Waals surface area contributed by atoms with Crippen LogP contribution in [0.1, 0.15) is 39.0 Å². The maximum Gasteiger partial charge on any atom is 0.306 e. The molecule has 0 saturated carbocycles. The third-order valence-corrected chi connectivity index (χ3v) is 4.79. The second-order valence-corrected chi connectivity index (χ2v) is 7.06. The zero-order chi connectivity index (χ0) is 22.8. The minimum atomic E-state index is -1.25. The number of esters is 1. The number of rotatable bonds is 12. The van der Waals surface area contributed by atoms with E-state index in [0.717, 1.165) is 6.92 Å². The van der Waals surface area contributed by atoms with E-state index in [4.69, 9.17) is 9.47 Å². The molecule has 1 rings (SSSR count). The molecule has 1 amide bonds. The zero-order valence-corrected chi connectivity index (χ0v) is 16.6. The number of aliphatic carboxylic acids is 3. The van der Waals surface area contributed by atoms with Crippen LogP contribution in [0.5, 0.6) is 0 Å². The van der Waals surface area contributed by atoms with Crippen LogP contribution >= 0.6 is 0 Å². The first-order valence-electron chi connectivity index (χ1n) is 9.39. The molecule has 0 spiro atoms. The minimum absolute atomic E-state index is 0.0417. The lowest BCUT2D eigenvalue weighted by Gasteiger charge is -2.46. The van der Waals surface area contributed by atoms with Crippen LogP contribution in [0.15, 0.2) is 12.7 Å². The van der Waals surface area contributed by atoms with Crippen LogP contribution in [-0.2, 0) is 33.4 Å². The van der Waals surface area contributed by atoms with E-state index in [9.17, 15) is 39.3 Å². The van der Waals surface area contributed by atoms with Gasteiger partial charge in [-0.2, -0.15) is 0 Å².